The second-order valence-corrected chi connectivity index (χ2v) is 6.85. The van der Waals surface area contributed by atoms with Gasteiger partial charge in [0.05, 0.1) is 14.2 Å². The fraction of sp³-hybridized carbons (Fsp3) is 0.500. The third-order valence-electron chi connectivity index (χ3n) is 4.84. The lowest BCUT2D eigenvalue weighted by atomic mass is 9.76. The van der Waals surface area contributed by atoms with Gasteiger partial charge in [-0.2, -0.15) is 0 Å². The number of hydrogen-bond donors (Lipinski definition) is 0. The molecule has 5 heteroatoms. The Balaban J connectivity index is 2.64. The van der Waals surface area contributed by atoms with Crippen molar-refractivity contribution in [1.82, 2.24) is 4.90 Å². The van der Waals surface area contributed by atoms with E-state index in [2.05, 4.69) is 32.6 Å². The lowest BCUT2D eigenvalue weighted by molar-refractivity contribution is -0.159. The molecule has 0 N–H and O–H groups in total. The van der Waals surface area contributed by atoms with E-state index in [1.807, 2.05) is 24.3 Å². The van der Waals surface area contributed by atoms with Gasteiger partial charge in [-0.3, -0.25) is 14.5 Å². The van der Waals surface area contributed by atoms with Crippen molar-refractivity contribution in [1.29, 1.82) is 0 Å². The maximum absolute atomic E-state index is 12.8. The minimum absolute atomic E-state index is 0.262. The van der Waals surface area contributed by atoms with Gasteiger partial charge >= 0.3 is 11.9 Å². The predicted octanol–water partition coefficient (Wildman–Crippen LogP) is 2.79. The molecule has 2 rings (SSSR count). The molecular weight excluding hydrogens is 318 g/mol. The zero-order valence-corrected chi connectivity index (χ0v) is 15.8. The highest BCUT2D eigenvalue weighted by Gasteiger charge is 2.56. The van der Waals surface area contributed by atoms with Crippen LogP contribution in [0, 0.1) is 0 Å². The molecule has 0 spiro atoms. The maximum atomic E-state index is 12.8. The number of methoxy groups -OCH3 is 2. The molecule has 0 radical (unpaired) electrons. The fourth-order valence-corrected chi connectivity index (χ4v) is 3.63. The lowest BCUT2D eigenvalue weighted by Crippen LogP contribution is -2.50. The number of benzene rings is 1. The molecule has 0 fully saturated rings. The summed E-state index contributed by atoms with van der Waals surface area (Å²) in [6.45, 7) is 8.87. The SMILES string of the molecule is COC(=O)C1(C(=O)OC)C(CN(C(C)C)C(C)C)=Cc2ccccc21. The highest BCUT2D eigenvalue weighted by Crippen LogP contribution is 2.44. The number of esters is 2. The summed E-state index contributed by atoms with van der Waals surface area (Å²) in [7, 11) is 2.60. The van der Waals surface area contributed by atoms with Gasteiger partial charge in [0.25, 0.3) is 0 Å². The first-order chi connectivity index (χ1) is 11.8. The molecule has 0 unspecified atom stereocenters. The Morgan fingerprint density at radius 3 is 2.00 bits per heavy atom. The summed E-state index contributed by atoms with van der Waals surface area (Å²) in [6, 6.07) is 7.93. The van der Waals surface area contributed by atoms with E-state index in [0.717, 1.165) is 5.56 Å². The average molecular weight is 345 g/mol. The van der Waals surface area contributed by atoms with Crippen LogP contribution in [0.1, 0.15) is 38.8 Å². The Hall–Kier alpha value is -2.14. The average Bonchev–Trinajstić information content (AvgIpc) is 2.92. The smallest absolute Gasteiger partial charge is 0.332 e. The van der Waals surface area contributed by atoms with E-state index in [0.29, 0.717) is 17.7 Å². The van der Waals surface area contributed by atoms with Gasteiger partial charge in [-0.15, -0.1) is 0 Å². The molecule has 1 aromatic rings. The third-order valence-corrected chi connectivity index (χ3v) is 4.84. The minimum Gasteiger partial charge on any atom is -0.468 e. The van der Waals surface area contributed by atoms with Crippen LogP contribution in [0.25, 0.3) is 6.08 Å². The van der Waals surface area contributed by atoms with Crippen molar-refractivity contribution in [3.8, 4) is 0 Å². The van der Waals surface area contributed by atoms with Crippen molar-refractivity contribution in [3.63, 3.8) is 0 Å². The molecule has 136 valence electrons. The molecule has 0 bridgehead atoms. The number of nitrogens with zero attached hydrogens (tertiary/aromatic N) is 1. The molecule has 0 aromatic heterocycles. The normalized spacial score (nSPS) is 15.3. The second kappa shape index (κ2) is 7.40. The molecule has 0 aliphatic heterocycles. The van der Waals surface area contributed by atoms with Crippen LogP contribution in [0.3, 0.4) is 0 Å². The van der Waals surface area contributed by atoms with Crippen LogP contribution >= 0.6 is 0 Å². The Kier molecular flexibility index (Phi) is 5.68. The van der Waals surface area contributed by atoms with Gasteiger partial charge in [-0.25, -0.2) is 0 Å². The van der Waals surface area contributed by atoms with E-state index < -0.39 is 17.4 Å². The molecule has 1 aliphatic rings. The molecule has 0 saturated heterocycles. The summed E-state index contributed by atoms with van der Waals surface area (Å²) in [5, 5.41) is 0. The molecule has 25 heavy (non-hydrogen) atoms. The van der Waals surface area contributed by atoms with E-state index in [-0.39, 0.29) is 12.1 Å². The summed E-state index contributed by atoms with van der Waals surface area (Å²) in [5.74, 6) is -1.22. The zero-order valence-electron chi connectivity index (χ0n) is 15.8. The van der Waals surface area contributed by atoms with Crippen molar-refractivity contribution >= 4 is 18.0 Å². The minimum atomic E-state index is -1.54. The van der Waals surface area contributed by atoms with Crippen molar-refractivity contribution in [2.24, 2.45) is 0 Å². The second-order valence-electron chi connectivity index (χ2n) is 6.85. The number of carbonyl (C=O) groups is 2. The highest BCUT2D eigenvalue weighted by atomic mass is 16.5. The third kappa shape index (κ3) is 3.09. The molecule has 0 atom stereocenters. The number of fused-ring (bicyclic) bond motifs is 1. The molecule has 1 aliphatic carbocycles. The molecular formula is C20H27NO4. The summed E-state index contributed by atoms with van der Waals surface area (Å²) in [5.41, 5.74) is 0.619. The Morgan fingerprint density at radius 2 is 1.52 bits per heavy atom. The Morgan fingerprint density at radius 1 is 1.00 bits per heavy atom. The fourth-order valence-electron chi connectivity index (χ4n) is 3.63. The van der Waals surface area contributed by atoms with Crippen LogP contribution in [0.4, 0.5) is 0 Å². The van der Waals surface area contributed by atoms with Crippen molar-refractivity contribution in [3.05, 3.63) is 41.0 Å². The largest absolute Gasteiger partial charge is 0.468 e. The summed E-state index contributed by atoms with van der Waals surface area (Å²) < 4.78 is 10.1. The summed E-state index contributed by atoms with van der Waals surface area (Å²) >= 11 is 0. The van der Waals surface area contributed by atoms with Gasteiger partial charge in [0.15, 0.2) is 0 Å². The van der Waals surface area contributed by atoms with Gasteiger partial charge in [0.2, 0.25) is 5.41 Å². The topological polar surface area (TPSA) is 55.8 Å². The number of ether oxygens (including phenoxy) is 2. The van der Waals surface area contributed by atoms with E-state index in [4.69, 9.17) is 9.47 Å². The molecule has 5 nitrogen and oxygen atoms in total. The first kappa shape index (κ1) is 19.2. The van der Waals surface area contributed by atoms with Crippen LogP contribution in [0.2, 0.25) is 0 Å². The Labute approximate surface area is 149 Å². The van der Waals surface area contributed by atoms with Crippen molar-refractivity contribution < 1.29 is 19.1 Å². The van der Waals surface area contributed by atoms with E-state index >= 15 is 0 Å². The van der Waals surface area contributed by atoms with E-state index in [9.17, 15) is 9.59 Å². The number of rotatable bonds is 6. The zero-order chi connectivity index (χ0) is 18.8. The van der Waals surface area contributed by atoms with Gasteiger partial charge in [-0.1, -0.05) is 30.3 Å². The van der Waals surface area contributed by atoms with Crippen LogP contribution in [-0.2, 0) is 24.5 Å². The van der Waals surface area contributed by atoms with E-state index in [1.165, 1.54) is 14.2 Å². The predicted molar refractivity (Wildman–Crippen MR) is 97.1 cm³/mol. The first-order valence-corrected chi connectivity index (χ1v) is 8.53. The van der Waals surface area contributed by atoms with Crippen molar-refractivity contribution in [2.75, 3.05) is 20.8 Å². The van der Waals surface area contributed by atoms with Gasteiger partial charge in [0.1, 0.15) is 0 Å². The number of hydrogen-bond acceptors (Lipinski definition) is 5. The van der Waals surface area contributed by atoms with Crippen LogP contribution in [0.15, 0.2) is 29.8 Å². The monoisotopic (exact) mass is 345 g/mol. The van der Waals surface area contributed by atoms with Gasteiger partial charge in [0, 0.05) is 18.6 Å². The van der Waals surface area contributed by atoms with Crippen LogP contribution in [-0.4, -0.2) is 49.7 Å². The Bertz CT molecular complexity index is 667. The van der Waals surface area contributed by atoms with Crippen molar-refractivity contribution in [2.45, 2.75) is 45.2 Å². The molecule has 0 amide bonds. The molecule has 1 aromatic carbocycles. The highest BCUT2D eigenvalue weighted by molar-refractivity contribution is 6.13. The van der Waals surface area contributed by atoms with Gasteiger partial charge < -0.3 is 9.47 Å². The standard InChI is InChI=1S/C20H27NO4/c1-13(2)21(14(3)4)12-16-11-15-9-7-8-10-17(15)20(16,18(22)24-5)19(23)25-6/h7-11,13-14H,12H2,1-6H3. The summed E-state index contributed by atoms with van der Waals surface area (Å²) in [6.07, 6.45) is 1.92. The molecule has 0 saturated carbocycles. The number of carbonyl (C=O) groups excluding carboxylic acids is 2. The van der Waals surface area contributed by atoms with Gasteiger partial charge in [-0.05, 0) is 44.4 Å². The lowest BCUT2D eigenvalue weighted by Gasteiger charge is -2.35. The first-order valence-electron chi connectivity index (χ1n) is 8.53. The summed E-state index contributed by atoms with van der Waals surface area (Å²) in [4.78, 5) is 27.9. The van der Waals surface area contributed by atoms with Crippen LogP contribution in [0.5, 0.6) is 0 Å². The van der Waals surface area contributed by atoms with E-state index in [1.54, 1.807) is 6.07 Å². The van der Waals surface area contributed by atoms with Crippen LogP contribution < -0.4 is 0 Å². The molecule has 0 heterocycles. The quantitative estimate of drug-likeness (QED) is 0.586. The maximum Gasteiger partial charge on any atom is 0.332 e.